The molecule has 0 aromatic carbocycles. The lowest BCUT2D eigenvalue weighted by atomic mass is 9.91. The normalized spacial score (nSPS) is 27.6. The molecule has 2 rings (SSSR count). The molecule has 0 bridgehead atoms. The molecule has 3 heteroatoms. The van der Waals surface area contributed by atoms with Crippen LogP contribution in [0.5, 0.6) is 0 Å². The molecule has 0 radical (unpaired) electrons. The fourth-order valence-electron chi connectivity index (χ4n) is 2.38. The summed E-state index contributed by atoms with van der Waals surface area (Å²) >= 11 is 0. The molecule has 1 heterocycles. The van der Waals surface area contributed by atoms with Crippen molar-refractivity contribution in [2.45, 2.75) is 50.8 Å². The maximum atomic E-state index is 9.89. The van der Waals surface area contributed by atoms with Crippen LogP contribution in [0.2, 0.25) is 0 Å². The minimum absolute atomic E-state index is 0.182. The van der Waals surface area contributed by atoms with E-state index in [9.17, 15) is 5.11 Å². The second kappa shape index (κ2) is 5.41. The van der Waals surface area contributed by atoms with Gasteiger partial charge in [-0.1, -0.05) is 12.8 Å². The lowest BCUT2D eigenvalue weighted by Gasteiger charge is -2.31. The van der Waals surface area contributed by atoms with Crippen LogP contribution in [0.25, 0.3) is 0 Å². The van der Waals surface area contributed by atoms with Gasteiger partial charge in [-0.15, -0.1) is 0 Å². The number of aliphatic hydroxyl groups is 1. The van der Waals surface area contributed by atoms with Crippen molar-refractivity contribution in [3.05, 3.63) is 30.1 Å². The van der Waals surface area contributed by atoms with E-state index in [1.807, 2.05) is 24.5 Å². The van der Waals surface area contributed by atoms with Crippen molar-refractivity contribution in [1.82, 2.24) is 10.3 Å². The van der Waals surface area contributed by atoms with Crippen LogP contribution in [0.15, 0.2) is 24.5 Å². The van der Waals surface area contributed by atoms with Crippen LogP contribution in [0.4, 0.5) is 0 Å². The van der Waals surface area contributed by atoms with E-state index >= 15 is 0 Å². The van der Waals surface area contributed by atoms with Crippen LogP contribution in [0.3, 0.4) is 0 Å². The van der Waals surface area contributed by atoms with Gasteiger partial charge in [-0.2, -0.15) is 0 Å². The van der Waals surface area contributed by atoms with Crippen LogP contribution in [0, 0.1) is 0 Å². The molecule has 0 saturated heterocycles. The second-order valence-corrected chi connectivity index (χ2v) is 4.63. The average Bonchev–Trinajstić information content (AvgIpc) is 2.33. The topological polar surface area (TPSA) is 45.1 Å². The summed E-state index contributed by atoms with van der Waals surface area (Å²) in [5.41, 5.74) is 1.23. The first-order valence-electron chi connectivity index (χ1n) is 6.11. The number of aromatic nitrogens is 1. The summed E-state index contributed by atoms with van der Waals surface area (Å²) in [5, 5.41) is 13.4. The summed E-state index contributed by atoms with van der Waals surface area (Å²) < 4.78 is 0. The average molecular weight is 220 g/mol. The highest BCUT2D eigenvalue weighted by Gasteiger charge is 2.24. The Bertz CT molecular complexity index is 315. The molecular formula is C13H20N2O. The predicted octanol–water partition coefficient (Wildman–Crippen LogP) is 2.04. The molecule has 0 aliphatic heterocycles. The monoisotopic (exact) mass is 220 g/mol. The second-order valence-electron chi connectivity index (χ2n) is 4.63. The van der Waals surface area contributed by atoms with Gasteiger partial charge >= 0.3 is 0 Å². The SMILES string of the molecule is C[C@H](N[C@@H]1CCCC[C@H]1O)c1ccncc1. The molecule has 1 aliphatic carbocycles. The quantitative estimate of drug-likeness (QED) is 0.819. The molecule has 1 aliphatic rings. The number of aliphatic hydroxyl groups excluding tert-OH is 1. The van der Waals surface area contributed by atoms with Gasteiger partial charge < -0.3 is 10.4 Å². The van der Waals surface area contributed by atoms with E-state index in [1.165, 1.54) is 12.0 Å². The molecule has 1 fully saturated rings. The van der Waals surface area contributed by atoms with E-state index in [4.69, 9.17) is 0 Å². The van der Waals surface area contributed by atoms with Crippen molar-refractivity contribution in [1.29, 1.82) is 0 Å². The van der Waals surface area contributed by atoms with Gasteiger partial charge in [0.1, 0.15) is 0 Å². The molecular weight excluding hydrogens is 200 g/mol. The van der Waals surface area contributed by atoms with Crippen molar-refractivity contribution in [3.8, 4) is 0 Å². The van der Waals surface area contributed by atoms with E-state index in [0.29, 0.717) is 0 Å². The number of hydrogen-bond donors (Lipinski definition) is 2. The third-order valence-corrected chi connectivity index (χ3v) is 3.40. The Labute approximate surface area is 96.9 Å². The van der Waals surface area contributed by atoms with Gasteiger partial charge in [-0.3, -0.25) is 4.98 Å². The van der Waals surface area contributed by atoms with E-state index < -0.39 is 0 Å². The highest BCUT2D eigenvalue weighted by Crippen LogP contribution is 2.21. The van der Waals surface area contributed by atoms with Crippen molar-refractivity contribution >= 4 is 0 Å². The van der Waals surface area contributed by atoms with Crippen molar-refractivity contribution in [3.63, 3.8) is 0 Å². The fourth-order valence-corrected chi connectivity index (χ4v) is 2.38. The van der Waals surface area contributed by atoms with Crippen molar-refractivity contribution < 1.29 is 5.11 Å². The fraction of sp³-hybridized carbons (Fsp3) is 0.615. The third kappa shape index (κ3) is 2.80. The summed E-state index contributed by atoms with van der Waals surface area (Å²) in [5.74, 6) is 0. The largest absolute Gasteiger partial charge is 0.392 e. The zero-order valence-electron chi connectivity index (χ0n) is 9.76. The summed E-state index contributed by atoms with van der Waals surface area (Å²) in [7, 11) is 0. The Morgan fingerprint density at radius 2 is 2.00 bits per heavy atom. The Balaban J connectivity index is 1.94. The zero-order chi connectivity index (χ0) is 11.4. The highest BCUT2D eigenvalue weighted by molar-refractivity contribution is 5.14. The van der Waals surface area contributed by atoms with E-state index in [-0.39, 0.29) is 18.2 Å². The summed E-state index contributed by atoms with van der Waals surface area (Å²) in [4.78, 5) is 4.01. The molecule has 1 aromatic rings. The van der Waals surface area contributed by atoms with Crippen LogP contribution < -0.4 is 5.32 Å². The van der Waals surface area contributed by atoms with Gasteiger partial charge in [0.05, 0.1) is 6.10 Å². The first-order valence-corrected chi connectivity index (χ1v) is 6.11. The van der Waals surface area contributed by atoms with Gasteiger partial charge in [0, 0.05) is 24.5 Å². The van der Waals surface area contributed by atoms with Crippen LogP contribution >= 0.6 is 0 Å². The van der Waals surface area contributed by atoms with Crippen molar-refractivity contribution in [2.24, 2.45) is 0 Å². The third-order valence-electron chi connectivity index (χ3n) is 3.40. The van der Waals surface area contributed by atoms with E-state index in [0.717, 1.165) is 19.3 Å². The molecule has 3 atom stereocenters. The zero-order valence-corrected chi connectivity index (χ0v) is 9.76. The summed E-state index contributed by atoms with van der Waals surface area (Å²) in [6.07, 6.45) is 7.83. The number of nitrogens with zero attached hydrogens (tertiary/aromatic N) is 1. The lowest BCUT2D eigenvalue weighted by Crippen LogP contribution is -2.43. The Morgan fingerprint density at radius 3 is 2.69 bits per heavy atom. The summed E-state index contributed by atoms with van der Waals surface area (Å²) in [6, 6.07) is 4.57. The molecule has 2 N–H and O–H groups in total. The molecule has 0 amide bonds. The molecule has 0 spiro atoms. The van der Waals surface area contributed by atoms with Crippen LogP contribution in [-0.4, -0.2) is 22.2 Å². The lowest BCUT2D eigenvalue weighted by molar-refractivity contribution is 0.0860. The van der Waals surface area contributed by atoms with Gasteiger partial charge in [0.2, 0.25) is 0 Å². The first-order chi connectivity index (χ1) is 7.77. The van der Waals surface area contributed by atoms with E-state index in [1.54, 1.807) is 0 Å². The number of rotatable bonds is 3. The molecule has 3 nitrogen and oxygen atoms in total. The molecule has 16 heavy (non-hydrogen) atoms. The highest BCUT2D eigenvalue weighted by atomic mass is 16.3. The number of hydrogen-bond acceptors (Lipinski definition) is 3. The molecule has 88 valence electrons. The maximum absolute atomic E-state index is 9.89. The smallest absolute Gasteiger partial charge is 0.0693 e. The van der Waals surface area contributed by atoms with Crippen LogP contribution in [0.1, 0.15) is 44.2 Å². The summed E-state index contributed by atoms with van der Waals surface area (Å²) in [6.45, 7) is 2.14. The Hall–Kier alpha value is -0.930. The minimum Gasteiger partial charge on any atom is -0.392 e. The standard InChI is InChI=1S/C13H20N2O/c1-10(11-6-8-14-9-7-11)15-12-4-2-3-5-13(12)16/h6-10,12-13,15-16H,2-5H2,1H3/t10-,12+,13+/m0/s1. The number of pyridine rings is 1. The minimum atomic E-state index is -0.182. The molecule has 0 unspecified atom stereocenters. The van der Waals surface area contributed by atoms with Crippen LogP contribution in [-0.2, 0) is 0 Å². The number of nitrogens with one attached hydrogen (secondary N) is 1. The predicted molar refractivity (Wildman–Crippen MR) is 64.1 cm³/mol. The van der Waals surface area contributed by atoms with Gasteiger partial charge in [0.25, 0.3) is 0 Å². The van der Waals surface area contributed by atoms with Gasteiger partial charge in [-0.25, -0.2) is 0 Å². The molecule has 1 aromatic heterocycles. The van der Waals surface area contributed by atoms with Gasteiger partial charge in [0.15, 0.2) is 0 Å². The molecule has 1 saturated carbocycles. The Morgan fingerprint density at radius 1 is 1.31 bits per heavy atom. The van der Waals surface area contributed by atoms with Crippen molar-refractivity contribution in [2.75, 3.05) is 0 Å². The van der Waals surface area contributed by atoms with E-state index in [2.05, 4.69) is 17.2 Å². The first kappa shape index (κ1) is 11.6. The maximum Gasteiger partial charge on any atom is 0.0693 e. The Kier molecular flexibility index (Phi) is 3.91. The van der Waals surface area contributed by atoms with Gasteiger partial charge in [-0.05, 0) is 37.5 Å².